The number of ether oxygens (including phenoxy) is 1. The normalized spacial score (nSPS) is 15.5. The van der Waals surface area contributed by atoms with Crippen LogP contribution in [0.4, 0.5) is 13.2 Å². The average molecular weight is 478 g/mol. The number of hydrogen-bond donors (Lipinski definition) is 1. The maximum atomic E-state index is 13.2. The summed E-state index contributed by atoms with van der Waals surface area (Å²) in [5.41, 5.74) is 1.68. The van der Waals surface area contributed by atoms with E-state index in [0.29, 0.717) is 22.4 Å². The minimum atomic E-state index is -4.45. The van der Waals surface area contributed by atoms with Crippen molar-refractivity contribution in [1.82, 2.24) is 4.98 Å². The molecule has 4 nitrogen and oxygen atoms in total. The molecule has 2 aromatic heterocycles. The van der Waals surface area contributed by atoms with E-state index >= 15 is 0 Å². The van der Waals surface area contributed by atoms with Gasteiger partial charge in [-0.2, -0.15) is 13.2 Å². The van der Waals surface area contributed by atoms with E-state index in [1.807, 2.05) is 0 Å². The number of carbonyl (C=O) groups is 1. The lowest BCUT2D eigenvalue weighted by Gasteiger charge is -2.28. The maximum Gasteiger partial charge on any atom is 0.416 e. The van der Waals surface area contributed by atoms with E-state index in [1.165, 1.54) is 17.0 Å². The number of hydrogen-bond acceptors (Lipinski definition) is 4. The van der Waals surface area contributed by atoms with Crippen LogP contribution in [0.1, 0.15) is 67.0 Å². The van der Waals surface area contributed by atoms with Crippen LogP contribution in [0.3, 0.4) is 0 Å². The first-order valence-corrected chi connectivity index (χ1v) is 11.7. The SMILES string of the molecule is Cc1nc2sc3c(c2c(-c2ccc(C(F)(F)F)cc2)c1[C@H](OC(C)(C)C)C(=O)O)CCCC3. The molecular formula is C25H26F3NO3S. The van der Waals surface area contributed by atoms with Crippen molar-refractivity contribution in [3.63, 3.8) is 0 Å². The maximum absolute atomic E-state index is 13.2. The van der Waals surface area contributed by atoms with E-state index in [-0.39, 0.29) is 0 Å². The highest BCUT2D eigenvalue weighted by molar-refractivity contribution is 7.19. The van der Waals surface area contributed by atoms with E-state index in [1.54, 1.807) is 39.0 Å². The quantitative estimate of drug-likeness (QED) is 0.435. The Hall–Kier alpha value is -2.45. The van der Waals surface area contributed by atoms with Gasteiger partial charge in [0.05, 0.1) is 11.2 Å². The van der Waals surface area contributed by atoms with Gasteiger partial charge < -0.3 is 9.84 Å². The van der Waals surface area contributed by atoms with Gasteiger partial charge in [-0.25, -0.2) is 9.78 Å². The Balaban J connectivity index is 2.05. The van der Waals surface area contributed by atoms with Crippen LogP contribution >= 0.6 is 11.3 Å². The molecule has 33 heavy (non-hydrogen) atoms. The average Bonchev–Trinajstić information content (AvgIpc) is 3.07. The van der Waals surface area contributed by atoms with Gasteiger partial charge in [0.2, 0.25) is 0 Å². The standard InChI is InChI=1S/C25H26F3NO3S/c1-13-18(21(23(30)31)32-24(2,3)4)19(14-9-11-15(12-10-14)25(26,27)28)20-16-7-5-6-8-17(16)33-22(20)29-13/h9-12,21H,5-8H2,1-4H3,(H,30,31)/t21-/m0/s1. The number of alkyl halides is 3. The van der Waals surface area contributed by atoms with Crippen molar-refractivity contribution in [2.45, 2.75) is 71.3 Å². The molecule has 0 spiro atoms. The molecule has 0 unspecified atom stereocenters. The molecule has 0 amide bonds. The third-order valence-electron chi connectivity index (χ3n) is 5.79. The van der Waals surface area contributed by atoms with E-state index in [9.17, 15) is 23.1 Å². The fourth-order valence-electron chi connectivity index (χ4n) is 4.45. The molecule has 8 heteroatoms. The Morgan fingerprint density at radius 2 is 1.76 bits per heavy atom. The number of aromatic nitrogens is 1. The minimum absolute atomic E-state index is 0.399. The number of aliphatic carboxylic acids is 1. The molecule has 3 aromatic rings. The summed E-state index contributed by atoms with van der Waals surface area (Å²) in [5, 5.41) is 10.9. The first-order chi connectivity index (χ1) is 15.4. The molecule has 0 bridgehead atoms. The monoisotopic (exact) mass is 477 g/mol. The van der Waals surface area contributed by atoms with Crippen molar-refractivity contribution in [3.05, 3.63) is 51.5 Å². The molecule has 2 heterocycles. The van der Waals surface area contributed by atoms with Gasteiger partial charge >= 0.3 is 12.1 Å². The number of aryl methyl sites for hydroxylation is 3. The van der Waals surface area contributed by atoms with Gasteiger partial charge in [-0.05, 0) is 76.6 Å². The molecule has 0 radical (unpaired) electrons. The van der Waals surface area contributed by atoms with Crippen LogP contribution in [0.15, 0.2) is 24.3 Å². The summed E-state index contributed by atoms with van der Waals surface area (Å²) in [4.78, 5) is 19.1. The van der Waals surface area contributed by atoms with Gasteiger partial charge in [0, 0.05) is 27.1 Å². The van der Waals surface area contributed by atoms with Crippen molar-refractivity contribution in [2.24, 2.45) is 0 Å². The molecule has 0 fully saturated rings. The van der Waals surface area contributed by atoms with Gasteiger partial charge in [-0.1, -0.05) is 12.1 Å². The van der Waals surface area contributed by atoms with Gasteiger partial charge in [-0.3, -0.25) is 0 Å². The largest absolute Gasteiger partial charge is 0.479 e. The summed E-state index contributed by atoms with van der Waals surface area (Å²) in [5.74, 6) is -1.16. The molecule has 1 aliphatic rings. The van der Waals surface area contributed by atoms with Crippen molar-refractivity contribution in [3.8, 4) is 11.1 Å². The number of thiophene rings is 1. The Morgan fingerprint density at radius 3 is 2.33 bits per heavy atom. The van der Waals surface area contributed by atoms with Crippen LogP contribution in [0.25, 0.3) is 21.3 Å². The van der Waals surface area contributed by atoms with Gasteiger partial charge in [0.25, 0.3) is 0 Å². The van der Waals surface area contributed by atoms with Crippen LogP contribution in [0.5, 0.6) is 0 Å². The number of carboxylic acids is 1. The summed E-state index contributed by atoms with van der Waals surface area (Å²) in [6, 6.07) is 4.92. The Morgan fingerprint density at radius 1 is 1.12 bits per heavy atom. The van der Waals surface area contributed by atoms with E-state index in [4.69, 9.17) is 9.72 Å². The third-order valence-corrected chi connectivity index (χ3v) is 6.98. The molecule has 0 saturated heterocycles. The zero-order valence-corrected chi connectivity index (χ0v) is 19.8. The first-order valence-electron chi connectivity index (χ1n) is 10.9. The molecule has 1 atom stereocenters. The second-order valence-electron chi connectivity index (χ2n) is 9.40. The van der Waals surface area contributed by atoms with E-state index in [0.717, 1.165) is 53.6 Å². The zero-order valence-electron chi connectivity index (χ0n) is 19.0. The summed E-state index contributed by atoms with van der Waals surface area (Å²) >= 11 is 1.59. The predicted molar refractivity (Wildman–Crippen MR) is 123 cm³/mol. The molecule has 1 aromatic carbocycles. The first kappa shape index (κ1) is 23.7. The predicted octanol–water partition coefficient (Wildman–Crippen LogP) is 7.11. The number of fused-ring (bicyclic) bond motifs is 3. The molecule has 176 valence electrons. The second kappa shape index (κ2) is 8.40. The highest BCUT2D eigenvalue weighted by Gasteiger charge is 2.35. The highest BCUT2D eigenvalue weighted by Crippen LogP contribution is 2.46. The zero-order chi connectivity index (χ0) is 24.1. The number of benzene rings is 1. The van der Waals surface area contributed by atoms with Crippen LogP contribution in [-0.4, -0.2) is 21.7 Å². The van der Waals surface area contributed by atoms with Crippen molar-refractivity contribution in [1.29, 1.82) is 0 Å². The Labute approximate surface area is 194 Å². The second-order valence-corrected chi connectivity index (χ2v) is 10.5. The third kappa shape index (κ3) is 4.64. The van der Waals surface area contributed by atoms with Crippen LogP contribution in [0.2, 0.25) is 0 Å². The molecule has 0 saturated carbocycles. The lowest BCUT2D eigenvalue weighted by molar-refractivity contribution is -0.160. The number of carboxylic acid groups (broad SMARTS) is 1. The number of halogens is 3. The van der Waals surface area contributed by atoms with Gasteiger partial charge in [-0.15, -0.1) is 11.3 Å². The van der Waals surface area contributed by atoms with Crippen LogP contribution < -0.4 is 0 Å². The molecule has 1 aliphatic carbocycles. The lowest BCUT2D eigenvalue weighted by atomic mass is 9.87. The molecule has 0 aliphatic heterocycles. The van der Waals surface area contributed by atoms with Gasteiger partial charge in [0.1, 0.15) is 4.83 Å². The van der Waals surface area contributed by atoms with Crippen LogP contribution in [0, 0.1) is 6.92 Å². The summed E-state index contributed by atoms with van der Waals surface area (Å²) in [6.07, 6.45) is -1.91. The summed E-state index contributed by atoms with van der Waals surface area (Å²) in [6.45, 7) is 7.06. The van der Waals surface area contributed by atoms with Crippen molar-refractivity contribution < 1.29 is 27.8 Å². The number of pyridine rings is 1. The molecule has 4 rings (SSSR count). The number of rotatable bonds is 4. The summed E-state index contributed by atoms with van der Waals surface area (Å²) in [7, 11) is 0. The van der Waals surface area contributed by atoms with Crippen molar-refractivity contribution >= 4 is 27.5 Å². The van der Waals surface area contributed by atoms with E-state index in [2.05, 4.69) is 0 Å². The smallest absolute Gasteiger partial charge is 0.416 e. The Bertz CT molecular complexity index is 1210. The van der Waals surface area contributed by atoms with Gasteiger partial charge in [0.15, 0.2) is 6.10 Å². The lowest BCUT2D eigenvalue weighted by Crippen LogP contribution is -2.28. The topological polar surface area (TPSA) is 59.4 Å². The minimum Gasteiger partial charge on any atom is -0.479 e. The summed E-state index contributed by atoms with van der Waals surface area (Å²) < 4.78 is 45.6. The Kier molecular flexibility index (Phi) is 6.03. The van der Waals surface area contributed by atoms with Crippen LogP contribution in [-0.2, 0) is 28.5 Å². The molecular weight excluding hydrogens is 451 g/mol. The van der Waals surface area contributed by atoms with Crippen molar-refractivity contribution in [2.75, 3.05) is 0 Å². The number of nitrogens with zero attached hydrogens (tertiary/aromatic N) is 1. The highest BCUT2D eigenvalue weighted by atomic mass is 32.1. The molecule has 1 N–H and O–H groups in total. The fraction of sp³-hybridized carbons (Fsp3) is 0.440. The fourth-order valence-corrected chi connectivity index (χ4v) is 5.77. The van der Waals surface area contributed by atoms with E-state index < -0.39 is 29.4 Å².